The molecule has 4 aromatic rings. The van der Waals surface area contributed by atoms with Crippen molar-refractivity contribution in [1.82, 2.24) is 4.57 Å². The van der Waals surface area contributed by atoms with Crippen molar-refractivity contribution in [2.24, 2.45) is 0 Å². The molecule has 2 aliphatic carbocycles. The van der Waals surface area contributed by atoms with Crippen LogP contribution in [0.1, 0.15) is 60.6 Å². The van der Waals surface area contributed by atoms with Crippen LogP contribution in [0.3, 0.4) is 0 Å². The molecule has 0 unspecified atom stereocenters. The van der Waals surface area contributed by atoms with Gasteiger partial charge in [0, 0.05) is 40.3 Å². The fourth-order valence-corrected chi connectivity index (χ4v) is 7.14. The van der Waals surface area contributed by atoms with Crippen LogP contribution in [0.15, 0.2) is 140 Å². The Kier molecular flexibility index (Phi) is 11.6. The largest absolute Gasteiger partial charge is 0.399 e. The van der Waals surface area contributed by atoms with Gasteiger partial charge in [0.2, 0.25) is 0 Å². The van der Waals surface area contributed by atoms with Crippen LogP contribution in [0.25, 0.3) is 28.9 Å². The van der Waals surface area contributed by atoms with Crippen molar-refractivity contribution in [1.29, 1.82) is 0 Å². The Morgan fingerprint density at radius 1 is 0.711 bits per heavy atom. The molecule has 0 radical (unpaired) electrons. The van der Waals surface area contributed by atoms with Crippen molar-refractivity contribution < 1.29 is 26.2 Å². The number of hydrogen-bond acceptors (Lipinski definition) is 1. The molecule has 0 atom stereocenters. The number of nitrogens with zero attached hydrogens (tertiary/aromatic N) is 1. The summed E-state index contributed by atoms with van der Waals surface area (Å²) in [5, 5.41) is 0. The number of hydrogen-bond donors (Lipinski definition) is 0. The zero-order valence-corrected chi connectivity index (χ0v) is 29.3. The quantitative estimate of drug-likeness (QED) is 0.155. The fourth-order valence-electron chi connectivity index (χ4n) is 5.54. The maximum Gasteiger partial charge on any atom is 0.399 e. The first kappa shape index (κ1) is 34.0. The van der Waals surface area contributed by atoms with Crippen molar-refractivity contribution in [2.75, 3.05) is 7.05 Å². The zero-order chi connectivity index (χ0) is 31.1. The monoisotopic (exact) mass is 639 g/mol. The van der Waals surface area contributed by atoms with E-state index in [0.29, 0.717) is 6.04 Å². The van der Waals surface area contributed by atoms with Gasteiger partial charge in [-0.3, -0.25) is 0 Å². The molecule has 0 N–H and O–H groups in total. The third-order valence-electron chi connectivity index (χ3n) is 8.24. The summed E-state index contributed by atoms with van der Waals surface area (Å²) >= 11 is 0. The third-order valence-corrected chi connectivity index (χ3v) is 10.4. The normalized spacial score (nSPS) is 13.6. The smallest absolute Gasteiger partial charge is 0.375 e. The predicted octanol–water partition coefficient (Wildman–Crippen LogP) is 10.4. The topological polar surface area (TPSA) is 20.3 Å². The molecule has 4 aromatic carbocycles. The summed E-state index contributed by atoms with van der Waals surface area (Å²) in [6, 6.07) is 38.3. The van der Waals surface area contributed by atoms with E-state index in [1.807, 2.05) is 48.0 Å². The SMILES string of the molecule is C(C=Cc1ccccc1)=Cc1ccccc1.C=C1c2ccccc2C2=C(CC(C[Si](=O)N(C)C(C)(C)C)=C2)c2ccccc21.[Ti]. The maximum atomic E-state index is 13.0. The molecule has 0 aromatic heterocycles. The molecule has 0 saturated heterocycles. The number of benzene rings is 4. The summed E-state index contributed by atoms with van der Waals surface area (Å²) in [5.74, 6) is 0. The van der Waals surface area contributed by atoms with E-state index in [0.717, 1.165) is 12.0 Å². The Balaban J connectivity index is 0.000000231. The molecule has 0 fully saturated rings. The first-order valence-corrected chi connectivity index (χ1v) is 16.8. The minimum Gasteiger partial charge on any atom is -0.375 e. The van der Waals surface area contributed by atoms with E-state index in [9.17, 15) is 4.46 Å². The van der Waals surface area contributed by atoms with Crippen LogP contribution in [0, 0.1) is 0 Å². The summed E-state index contributed by atoms with van der Waals surface area (Å²) in [5.41, 5.74) is 12.2. The number of rotatable bonds is 6. The fraction of sp³-hybridized carbons (Fsp3) is 0.171. The minimum atomic E-state index is -1.85. The zero-order valence-electron chi connectivity index (χ0n) is 26.8. The molecular weight excluding hydrogens is 598 g/mol. The van der Waals surface area contributed by atoms with E-state index in [1.165, 1.54) is 50.1 Å². The standard InChI is InChI=1S/C25H27NOSi.C16H14.Ti/c1-17-19-10-6-8-12-21(19)23-14-18(16-28(27)26(5)25(2,3)4)15-24(23)22-13-9-7-11-20(17)22;1-3-9-15(10-4-1)13-7-8-14-16-11-5-2-6-12-16;/h6-14H,1,15-16H2,2-5H3;1-14H;. The molecule has 2 nitrogen and oxygen atoms in total. The van der Waals surface area contributed by atoms with E-state index < -0.39 is 8.84 Å². The van der Waals surface area contributed by atoms with Crippen LogP contribution >= 0.6 is 0 Å². The van der Waals surface area contributed by atoms with Gasteiger partial charge in [-0.2, -0.15) is 0 Å². The maximum absolute atomic E-state index is 13.0. The summed E-state index contributed by atoms with van der Waals surface area (Å²) in [6.45, 7) is 10.7. The van der Waals surface area contributed by atoms with Crippen molar-refractivity contribution in [2.45, 2.75) is 38.8 Å². The average molecular weight is 640 g/mol. The molecule has 0 bridgehead atoms. The van der Waals surface area contributed by atoms with Gasteiger partial charge in [-0.1, -0.05) is 152 Å². The molecule has 0 aliphatic heterocycles. The predicted molar refractivity (Wildman–Crippen MR) is 190 cm³/mol. The summed E-state index contributed by atoms with van der Waals surface area (Å²) in [4.78, 5) is 0. The van der Waals surface area contributed by atoms with Crippen molar-refractivity contribution in [3.8, 4) is 0 Å². The Hall–Kier alpha value is -3.89. The second-order valence-corrected chi connectivity index (χ2v) is 14.1. The van der Waals surface area contributed by atoms with Gasteiger partial charge in [-0.05, 0) is 77.3 Å². The van der Waals surface area contributed by atoms with Gasteiger partial charge in [0.25, 0.3) is 0 Å². The van der Waals surface area contributed by atoms with Crippen molar-refractivity contribution >= 4 is 37.7 Å². The summed E-state index contributed by atoms with van der Waals surface area (Å²) in [7, 11) is 0.124. The van der Waals surface area contributed by atoms with Gasteiger partial charge < -0.3 is 9.03 Å². The first-order chi connectivity index (χ1) is 21.2. The Bertz CT molecular complexity index is 1730. The van der Waals surface area contributed by atoms with Crippen LogP contribution < -0.4 is 0 Å². The molecule has 45 heavy (non-hydrogen) atoms. The van der Waals surface area contributed by atoms with Gasteiger partial charge in [-0.15, -0.1) is 0 Å². The molecule has 2 aliphatic rings. The Labute approximate surface area is 285 Å². The second kappa shape index (κ2) is 15.4. The Morgan fingerprint density at radius 3 is 1.67 bits per heavy atom. The van der Waals surface area contributed by atoms with Crippen LogP contribution in [-0.2, 0) is 26.2 Å². The van der Waals surface area contributed by atoms with Crippen LogP contribution in [0.5, 0.6) is 0 Å². The van der Waals surface area contributed by atoms with Gasteiger partial charge >= 0.3 is 8.84 Å². The molecule has 0 heterocycles. The van der Waals surface area contributed by atoms with Gasteiger partial charge in [0.05, 0.1) is 0 Å². The molecule has 0 saturated carbocycles. The van der Waals surface area contributed by atoms with Crippen LogP contribution in [0.2, 0.25) is 6.04 Å². The number of fused-ring (bicyclic) bond motifs is 4. The first-order valence-electron chi connectivity index (χ1n) is 15.2. The van der Waals surface area contributed by atoms with E-state index in [-0.39, 0.29) is 27.3 Å². The van der Waals surface area contributed by atoms with Crippen molar-refractivity contribution in [3.05, 3.63) is 173 Å². The van der Waals surface area contributed by atoms with Gasteiger partial charge in [0.1, 0.15) is 0 Å². The van der Waals surface area contributed by atoms with E-state index >= 15 is 0 Å². The second-order valence-electron chi connectivity index (χ2n) is 12.3. The van der Waals surface area contributed by atoms with Gasteiger partial charge in [-0.25, -0.2) is 0 Å². The third kappa shape index (κ3) is 8.43. The van der Waals surface area contributed by atoms with Crippen LogP contribution in [0.4, 0.5) is 0 Å². The Morgan fingerprint density at radius 2 is 1.16 bits per heavy atom. The molecule has 224 valence electrons. The summed E-state index contributed by atoms with van der Waals surface area (Å²) in [6.07, 6.45) is 11.5. The molecule has 4 heteroatoms. The molecular formula is C41H41NOSiTi. The van der Waals surface area contributed by atoms with Gasteiger partial charge in [0.15, 0.2) is 0 Å². The minimum absolute atomic E-state index is 0. The average Bonchev–Trinajstić information content (AvgIpc) is 3.43. The molecule has 0 spiro atoms. The number of allylic oxidation sites excluding steroid dienone is 6. The van der Waals surface area contributed by atoms with E-state index in [4.69, 9.17) is 0 Å². The van der Waals surface area contributed by atoms with Crippen molar-refractivity contribution in [3.63, 3.8) is 0 Å². The van der Waals surface area contributed by atoms with E-state index in [2.05, 4.69) is 131 Å². The molecule has 6 rings (SSSR count). The van der Waals surface area contributed by atoms with E-state index in [1.54, 1.807) is 0 Å². The molecule has 0 amide bonds. The van der Waals surface area contributed by atoms with Crippen LogP contribution in [-0.4, -0.2) is 26.0 Å². The summed E-state index contributed by atoms with van der Waals surface area (Å²) < 4.78 is 15.0.